The molecular weight excluding hydrogens is 466 g/mol. The van der Waals surface area contributed by atoms with Gasteiger partial charge in [-0.25, -0.2) is 0 Å². The number of aryl methyl sites for hydroxylation is 1. The Labute approximate surface area is 194 Å². The summed E-state index contributed by atoms with van der Waals surface area (Å²) in [6.45, 7) is 6.39. The van der Waals surface area contributed by atoms with Crippen molar-refractivity contribution in [3.8, 4) is 17.2 Å². The minimum Gasteiger partial charge on any atom is -0.493 e. The van der Waals surface area contributed by atoms with E-state index in [-0.39, 0.29) is 17.7 Å². The van der Waals surface area contributed by atoms with Gasteiger partial charge in [-0.05, 0) is 43.2 Å². The lowest BCUT2D eigenvalue weighted by atomic mass is 9.89. The molecule has 0 saturated carbocycles. The van der Waals surface area contributed by atoms with Crippen LogP contribution in [-0.4, -0.2) is 32.9 Å². The van der Waals surface area contributed by atoms with Gasteiger partial charge in [-0.3, -0.25) is 0 Å². The van der Waals surface area contributed by atoms with Crippen molar-refractivity contribution in [2.75, 3.05) is 20.5 Å². The minimum atomic E-state index is -5.80. The van der Waals surface area contributed by atoms with E-state index in [9.17, 15) is 26.3 Å². The monoisotopic (exact) mass is 492 g/mol. The van der Waals surface area contributed by atoms with Gasteiger partial charge in [0.15, 0.2) is 0 Å². The van der Waals surface area contributed by atoms with Crippen molar-refractivity contribution in [2.24, 2.45) is 0 Å². The number of benzene rings is 2. The third kappa shape index (κ3) is 5.67. The third-order valence-corrected chi connectivity index (χ3v) is 4.91. The molecule has 0 aliphatic heterocycles. The molecule has 0 aliphatic carbocycles. The first-order valence-electron chi connectivity index (χ1n) is 10.4. The van der Waals surface area contributed by atoms with E-state index in [4.69, 9.17) is 9.47 Å². The highest BCUT2D eigenvalue weighted by Crippen LogP contribution is 2.53. The van der Waals surface area contributed by atoms with Crippen LogP contribution in [0.15, 0.2) is 43.0 Å². The van der Waals surface area contributed by atoms with Crippen LogP contribution in [0.2, 0.25) is 0 Å². The molecule has 188 valence electrons. The molecule has 4 nitrogen and oxygen atoms in total. The number of halogens is 6. The Balaban J connectivity index is 2.60. The number of rotatable bonds is 11. The Hall–Kier alpha value is -2.72. The lowest BCUT2D eigenvalue weighted by Crippen LogP contribution is -2.56. The SMILES string of the molecule is C=Cc1ccc(Oc2ccc(C(OCOC)(C(F)(F)F)C(F)(F)F)cc2CCC)cc1OCC. The Bertz CT molecular complexity index is 955. The second-order valence-electron chi connectivity index (χ2n) is 7.24. The molecule has 0 radical (unpaired) electrons. The Morgan fingerprint density at radius 2 is 1.59 bits per heavy atom. The molecule has 2 aromatic rings. The first-order valence-corrected chi connectivity index (χ1v) is 10.4. The fourth-order valence-corrected chi connectivity index (χ4v) is 3.40. The molecule has 0 heterocycles. The molecule has 0 fully saturated rings. The van der Waals surface area contributed by atoms with E-state index in [1.807, 2.05) is 0 Å². The van der Waals surface area contributed by atoms with Gasteiger partial charge in [-0.2, -0.15) is 26.3 Å². The zero-order chi connectivity index (χ0) is 25.6. The van der Waals surface area contributed by atoms with E-state index >= 15 is 0 Å². The van der Waals surface area contributed by atoms with Gasteiger partial charge >= 0.3 is 12.4 Å². The average molecular weight is 492 g/mol. The predicted octanol–water partition coefficient (Wildman–Crippen LogP) is 7.41. The summed E-state index contributed by atoms with van der Waals surface area (Å²) in [6.07, 6.45) is -9.41. The van der Waals surface area contributed by atoms with Crippen molar-refractivity contribution in [3.05, 3.63) is 59.7 Å². The molecule has 0 unspecified atom stereocenters. The summed E-state index contributed by atoms with van der Waals surface area (Å²) < 4.78 is 103. The summed E-state index contributed by atoms with van der Waals surface area (Å²) in [5.74, 6) is 0.891. The van der Waals surface area contributed by atoms with Crippen molar-refractivity contribution >= 4 is 6.08 Å². The molecule has 0 N–H and O–H groups in total. The molecule has 10 heteroatoms. The normalized spacial score (nSPS) is 12.5. The molecule has 0 spiro atoms. The number of ether oxygens (including phenoxy) is 4. The topological polar surface area (TPSA) is 36.9 Å². The van der Waals surface area contributed by atoms with E-state index in [0.717, 1.165) is 19.2 Å². The van der Waals surface area contributed by atoms with Crippen molar-refractivity contribution in [1.29, 1.82) is 0 Å². The maximum absolute atomic E-state index is 13.9. The van der Waals surface area contributed by atoms with Crippen LogP contribution in [0.4, 0.5) is 26.3 Å². The van der Waals surface area contributed by atoms with E-state index in [0.29, 0.717) is 36.2 Å². The second-order valence-corrected chi connectivity index (χ2v) is 7.24. The Morgan fingerprint density at radius 1 is 0.912 bits per heavy atom. The molecule has 2 rings (SSSR count). The van der Waals surface area contributed by atoms with E-state index in [2.05, 4.69) is 16.1 Å². The maximum Gasteiger partial charge on any atom is 0.430 e. The first kappa shape index (κ1) is 27.5. The quantitative estimate of drug-likeness (QED) is 0.242. The number of alkyl halides is 6. The zero-order valence-electron chi connectivity index (χ0n) is 19.0. The second kappa shape index (κ2) is 11.1. The summed E-state index contributed by atoms with van der Waals surface area (Å²) in [6, 6.07) is 7.44. The van der Waals surface area contributed by atoms with Crippen LogP contribution in [0.3, 0.4) is 0 Å². The molecule has 0 amide bonds. The molecule has 0 saturated heterocycles. The Kier molecular flexibility index (Phi) is 9.02. The van der Waals surface area contributed by atoms with Crippen molar-refractivity contribution in [3.63, 3.8) is 0 Å². The van der Waals surface area contributed by atoms with Gasteiger partial charge in [0.2, 0.25) is 0 Å². The van der Waals surface area contributed by atoms with E-state index < -0.39 is 30.3 Å². The average Bonchev–Trinajstić information content (AvgIpc) is 2.74. The van der Waals surface area contributed by atoms with Gasteiger partial charge < -0.3 is 18.9 Å². The summed E-state index contributed by atoms with van der Waals surface area (Å²) in [4.78, 5) is 0. The first-order chi connectivity index (χ1) is 15.9. The van der Waals surface area contributed by atoms with Crippen molar-refractivity contribution in [2.45, 2.75) is 44.6 Å². The van der Waals surface area contributed by atoms with Gasteiger partial charge in [0.25, 0.3) is 5.60 Å². The molecular formula is C24H26F6O4. The lowest BCUT2D eigenvalue weighted by molar-refractivity contribution is -0.400. The van der Waals surface area contributed by atoms with E-state index in [1.54, 1.807) is 38.1 Å². The number of hydrogen-bond acceptors (Lipinski definition) is 4. The lowest BCUT2D eigenvalue weighted by Gasteiger charge is -2.37. The van der Waals surface area contributed by atoms with Crippen LogP contribution in [0.25, 0.3) is 6.08 Å². The molecule has 0 aliphatic rings. The fourth-order valence-electron chi connectivity index (χ4n) is 3.40. The highest BCUT2D eigenvalue weighted by Gasteiger charge is 2.73. The standard InChI is InChI=1S/C24H26F6O4/c1-5-8-17-13-18(22(23(25,26)27,24(28,29)30)33-15-31-4)10-12-20(17)34-19-11-9-16(6-2)21(14-19)32-7-3/h6,9-14H,2,5,7-8,15H2,1,3-4H3. The summed E-state index contributed by atoms with van der Waals surface area (Å²) in [5, 5.41) is 0. The van der Waals surface area contributed by atoms with Crippen LogP contribution in [0, 0.1) is 0 Å². The summed E-state index contributed by atoms with van der Waals surface area (Å²) in [5.41, 5.74) is -4.82. The van der Waals surface area contributed by atoms with Crippen LogP contribution in [0.1, 0.15) is 37.0 Å². The van der Waals surface area contributed by atoms with Gasteiger partial charge in [-0.15, -0.1) is 0 Å². The third-order valence-electron chi connectivity index (χ3n) is 4.91. The van der Waals surface area contributed by atoms with E-state index in [1.165, 1.54) is 0 Å². The van der Waals surface area contributed by atoms with Crippen LogP contribution in [0.5, 0.6) is 17.2 Å². The summed E-state index contributed by atoms with van der Waals surface area (Å²) in [7, 11) is 0.936. The number of hydrogen-bond donors (Lipinski definition) is 0. The van der Waals surface area contributed by atoms with Crippen molar-refractivity contribution < 1.29 is 45.3 Å². The minimum absolute atomic E-state index is 0.115. The van der Waals surface area contributed by atoms with Gasteiger partial charge in [0.1, 0.15) is 24.0 Å². The highest BCUT2D eigenvalue weighted by atomic mass is 19.4. The Morgan fingerprint density at radius 3 is 2.12 bits per heavy atom. The van der Waals surface area contributed by atoms with Gasteiger partial charge in [-0.1, -0.05) is 32.1 Å². The maximum atomic E-state index is 13.9. The zero-order valence-corrected chi connectivity index (χ0v) is 19.0. The molecule has 0 aromatic heterocycles. The summed E-state index contributed by atoms with van der Waals surface area (Å²) >= 11 is 0. The predicted molar refractivity (Wildman–Crippen MR) is 115 cm³/mol. The van der Waals surface area contributed by atoms with Crippen LogP contribution in [-0.2, 0) is 21.5 Å². The van der Waals surface area contributed by atoms with Crippen LogP contribution < -0.4 is 9.47 Å². The molecule has 0 atom stereocenters. The van der Waals surface area contributed by atoms with Gasteiger partial charge in [0.05, 0.1) is 6.61 Å². The highest BCUT2D eigenvalue weighted by molar-refractivity contribution is 5.58. The molecule has 2 aromatic carbocycles. The largest absolute Gasteiger partial charge is 0.493 e. The smallest absolute Gasteiger partial charge is 0.430 e. The number of methoxy groups -OCH3 is 1. The molecule has 34 heavy (non-hydrogen) atoms. The molecule has 0 bridgehead atoms. The van der Waals surface area contributed by atoms with Gasteiger partial charge in [0, 0.05) is 24.3 Å². The fraction of sp³-hybridized carbons (Fsp3) is 0.417. The van der Waals surface area contributed by atoms with Crippen molar-refractivity contribution in [1.82, 2.24) is 0 Å². The van der Waals surface area contributed by atoms with Crippen LogP contribution >= 0.6 is 0 Å².